The number of benzene rings is 2. The Morgan fingerprint density at radius 1 is 1.09 bits per heavy atom. The van der Waals surface area contributed by atoms with E-state index in [-0.39, 0.29) is 17.1 Å². The fraction of sp³-hybridized carbons (Fsp3) is 0. The molecule has 0 fully saturated rings. The Kier molecular flexibility index (Phi) is 3.60. The third-order valence-electron chi connectivity index (χ3n) is 3.27. The molecule has 0 aliphatic heterocycles. The first-order valence-electron chi connectivity index (χ1n) is 6.69. The van der Waals surface area contributed by atoms with Crippen LogP contribution in [0.3, 0.4) is 0 Å². The van der Waals surface area contributed by atoms with Crippen LogP contribution in [0, 0.1) is 10.1 Å². The van der Waals surface area contributed by atoms with Crippen molar-refractivity contribution in [2.24, 2.45) is 0 Å². The van der Waals surface area contributed by atoms with E-state index >= 15 is 0 Å². The first kappa shape index (κ1) is 14.5. The Labute approximate surface area is 130 Å². The average Bonchev–Trinajstić information content (AvgIpc) is 2.97. The van der Waals surface area contributed by atoms with Crippen LogP contribution in [0.5, 0.6) is 5.75 Å². The molecule has 23 heavy (non-hydrogen) atoms. The number of nitro benzene ring substituents is 1. The molecular weight excluding hydrogens is 298 g/mol. The molecule has 0 spiro atoms. The number of hydrogen-bond acceptors (Lipinski definition) is 5. The van der Waals surface area contributed by atoms with Crippen LogP contribution in [-0.2, 0) is 0 Å². The number of nitrogens with zero attached hydrogens (tertiary/aromatic N) is 3. The Bertz CT molecular complexity index is 870. The zero-order valence-corrected chi connectivity index (χ0v) is 11.8. The first-order valence-corrected chi connectivity index (χ1v) is 6.69. The lowest BCUT2D eigenvalue weighted by Crippen LogP contribution is -2.04. The van der Waals surface area contributed by atoms with Crippen molar-refractivity contribution in [1.29, 1.82) is 0 Å². The van der Waals surface area contributed by atoms with Gasteiger partial charge in [0.1, 0.15) is 0 Å². The monoisotopic (exact) mass is 309 g/mol. The molecule has 0 amide bonds. The van der Waals surface area contributed by atoms with Crippen LogP contribution in [0.15, 0.2) is 60.8 Å². The molecule has 114 valence electrons. The number of non-ortho nitro benzene ring substituents is 1. The van der Waals surface area contributed by atoms with Gasteiger partial charge in [0, 0.05) is 17.7 Å². The zero-order chi connectivity index (χ0) is 16.4. The molecule has 7 nitrogen and oxygen atoms in total. The predicted octanol–water partition coefficient (Wildman–Crippen LogP) is 2.72. The lowest BCUT2D eigenvalue weighted by molar-refractivity contribution is -0.384. The highest BCUT2D eigenvalue weighted by atomic mass is 16.6. The largest absolute Gasteiger partial charge is 0.504 e. The normalized spacial score (nSPS) is 10.4. The van der Waals surface area contributed by atoms with Gasteiger partial charge in [-0.25, -0.2) is 4.68 Å². The quantitative estimate of drug-likeness (QED) is 0.454. The summed E-state index contributed by atoms with van der Waals surface area (Å²) in [7, 11) is 0. The molecule has 3 rings (SSSR count). The summed E-state index contributed by atoms with van der Waals surface area (Å²) >= 11 is 0. The minimum Gasteiger partial charge on any atom is -0.504 e. The molecule has 1 aromatic heterocycles. The van der Waals surface area contributed by atoms with Crippen molar-refractivity contribution in [3.63, 3.8) is 0 Å². The fourth-order valence-electron chi connectivity index (χ4n) is 2.11. The molecule has 0 saturated heterocycles. The smallest absolute Gasteiger partial charge is 0.269 e. The van der Waals surface area contributed by atoms with E-state index in [2.05, 4.69) is 5.10 Å². The molecule has 0 atom stereocenters. The standard InChI is InChI=1S/C16H11N3O4/c20-14-10-18(12-6-8-13(9-7-12)19(22)23)17-15(14)16(21)11-4-2-1-3-5-11/h1-10,20H. The second-order valence-electron chi connectivity index (χ2n) is 4.78. The minimum absolute atomic E-state index is 0.0503. The second kappa shape index (κ2) is 5.72. The van der Waals surface area contributed by atoms with Crippen molar-refractivity contribution in [2.75, 3.05) is 0 Å². The van der Waals surface area contributed by atoms with Crippen LogP contribution in [0.1, 0.15) is 16.1 Å². The number of ketones is 1. The average molecular weight is 309 g/mol. The van der Waals surface area contributed by atoms with E-state index < -0.39 is 10.7 Å². The van der Waals surface area contributed by atoms with Crippen molar-refractivity contribution in [1.82, 2.24) is 9.78 Å². The third kappa shape index (κ3) is 2.80. The summed E-state index contributed by atoms with van der Waals surface area (Å²) in [5.41, 5.74) is 0.787. The Morgan fingerprint density at radius 2 is 1.74 bits per heavy atom. The molecule has 0 aliphatic rings. The van der Waals surface area contributed by atoms with Crippen LogP contribution < -0.4 is 0 Å². The second-order valence-corrected chi connectivity index (χ2v) is 4.78. The highest BCUT2D eigenvalue weighted by Crippen LogP contribution is 2.22. The van der Waals surface area contributed by atoms with E-state index in [9.17, 15) is 20.0 Å². The SMILES string of the molecule is O=C(c1ccccc1)c1nn(-c2ccc([N+](=O)[O-])cc2)cc1O. The molecule has 7 heteroatoms. The maximum Gasteiger partial charge on any atom is 0.269 e. The van der Waals surface area contributed by atoms with Crippen molar-refractivity contribution < 1.29 is 14.8 Å². The van der Waals surface area contributed by atoms with Gasteiger partial charge in [0.2, 0.25) is 5.78 Å². The van der Waals surface area contributed by atoms with Gasteiger partial charge in [-0.05, 0) is 12.1 Å². The summed E-state index contributed by atoms with van der Waals surface area (Å²) in [5.74, 6) is -0.652. The van der Waals surface area contributed by atoms with Gasteiger partial charge in [-0.2, -0.15) is 5.10 Å². The molecule has 1 N–H and O–H groups in total. The van der Waals surface area contributed by atoms with Gasteiger partial charge in [-0.3, -0.25) is 14.9 Å². The Hall–Kier alpha value is -3.48. The number of aromatic hydroxyl groups is 1. The molecule has 2 aromatic carbocycles. The Balaban J connectivity index is 1.95. The summed E-state index contributed by atoms with van der Waals surface area (Å²) in [6, 6.07) is 14.1. The van der Waals surface area contributed by atoms with Crippen molar-refractivity contribution in [3.8, 4) is 11.4 Å². The molecule has 3 aromatic rings. The number of hydrogen-bond donors (Lipinski definition) is 1. The summed E-state index contributed by atoms with van der Waals surface area (Å²) in [6.07, 6.45) is 1.29. The molecule has 0 aliphatic carbocycles. The first-order chi connectivity index (χ1) is 11.1. The maximum atomic E-state index is 12.3. The summed E-state index contributed by atoms with van der Waals surface area (Å²) in [5, 5.41) is 24.7. The van der Waals surface area contributed by atoms with Crippen molar-refractivity contribution in [3.05, 3.63) is 82.2 Å². The minimum atomic E-state index is -0.505. The van der Waals surface area contributed by atoms with E-state index in [0.717, 1.165) is 0 Å². The number of nitro groups is 1. The third-order valence-corrected chi connectivity index (χ3v) is 3.27. The molecular formula is C16H11N3O4. The fourth-order valence-corrected chi connectivity index (χ4v) is 2.11. The number of carbonyl (C=O) groups is 1. The van der Waals surface area contributed by atoms with Crippen molar-refractivity contribution >= 4 is 11.5 Å². The van der Waals surface area contributed by atoms with E-state index in [1.54, 1.807) is 30.3 Å². The summed E-state index contributed by atoms with van der Waals surface area (Å²) in [6.45, 7) is 0. The molecule has 0 saturated carbocycles. The molecule has 0 unspecified atom stereocenters. The topological polar surface area (TPSA) is 98.3 Å². The van der Waals surface area contributed by atoms with Gasteiger partial charge < -0.3 is 5.11 Å². The highest BCUT2D eigenvalue weighted by molar-refractivity contribution is 6.09. The zero-order valence-electron chi connectivity index (χ0n) is 11.8. The van der Waals surface area contributed by atoms with E-state index in [1.807, 2.05) is 0 Å². The van der Waals surface area contributed by atoms with E-state index in [0.29, 0.717) is 11.3 Å². The van der Waals surface area contributed by atoms with Crippen LogP contribution in [-0.4, -0.2) is 25.6 Å². The van der Waals surface area contributed by atoms with Gasteiger partial charge in [0.15, 0.2) is 11.4 Å². The van der Waals surface area contributed by atoms with Crippen molar-refractivity contribution in [2.45, 2.75) is 0 Å². The lowest BCUT2D eigenvalue weighted by Gasteiger charge is -2.00. The van der Waals surface area contributed by atoms with Crippen LogP contribution in [0.2, 0.25) is 0 Å². The predicted molar refractivity (Wildman–Crippen MR) is 81.8 cm³/mol. The molecule has 0 radical (unpaired) electrons. The molecule has 1 heterocycles. The van der Waals surface area contributed by atoms with E-state index in [1.165, 1.54) is 35.1 Å². The van der Waals surface area contributed by atoms with Gasteiger partial charge in [0.25, 0.3) is 5.69 Å². The Morgan fingerprint density at radius 3 is 2.35 bits per heavy atom. The van der Waals surface area contributed by atoms with Gasteiger partial charge in [0.05, 0.1) is 16.8 Å². The van der Waals surface area contributed by atoms with E-state index in [4.69, 9.17) is 0 Å². The lowest BCUT2D eigenvalue weighted by atomic mass is 10.1. The molecule has 0 bridgehead atoms. The maximum absolute atomic E-state index is 12.3. The number of rotatable bonds is 4. The number of aromatic nitrogens is 2. The van der Waals surface area contributed by atoms with Crippen LogP contribution in [0.25, 0.3) is 5.69 Å². The highest BCUT2D eigenvalue weighted by Gasteiger charge is 2.18. The van der Waals surface area contributed by atoms with Gasteiger partial charge in [-0.1, -0.05) is 30.3 Å². The van der Waals surface area contributed by atoms with Crippen LogP contribution in [0.4, 0.5) is 5.69 Å². The van der Waals surface area contributed by atoms with Crippen LogP contribution >= 0.6 is 0 Å². The summed E-state index contributed by atoms with van der Waals surface area (Å²) in [4.78, 5) is 22.5. The summed E-state index contributed by atoms with van der Waals surface area (Å²) < 4.78 is 1.30. The number of carbonyl (C=O) groups excluding carboxylic acids is 1. The van der Waals surface area contributed by atoms with Gasteiger partial charge >= 0.3 is 0 Å². The van der Waals surface area contributed by atoms with Gasteiger partial charge in [-0.15, -0.1) is 0 Å².